The molecule has 4 heteroatoms. The minimum atomic E-state index is -1.02. The Morgan fingerprint density at radius 3 is 1.76 bits per heavy atom. The Labute approximate surface area is 156 Å². The molecule has 5 unspecified atom stereocenters. The first kappa shape index (κ1) is 24.8. The molecule has 0 bridgehead atoms. The zero-order chi connectivity index (χ0) is 19.7. The second-order valence-corrected chi connectivity index (χ2v) is 8.61. The zero-order valence-corrected chi connectivity index (χ0v) is 17.8. The maximum atomic E-state index is 10.6. The highest BCUT2D eigenvalue weighted by atomic mass is 16.6. The van der Waals surface area contributed by atoms with Crippen LogP contribution in [0.15, 0.2) is 0 Å². The van der Waals surface area contributed by atoms with Crippen LogP contribution in [0.3, 0.4) is 0 Å². The van der Waals surface area contributed by atoms with Crippen LogP contribution in [0, 0.1) is 29.6 Å². The number of aliphatic hydroxyl groups excluding tert-OH is 3. The second-order valence-electron chi connectivity index (χ2n) is 8.61. The lowest BCUT2D eigenvalue weighted by molar-refractivity contribution is -0.202. The van der Waals surface area contributed by atoms with Gasteiger partial charge in [0.1, 0.15) is 0 Å². The molecule has 0 heterocycles. The Morgan fingerprint density at radius 1 is 0.760 bits per heavy atom. The molecular formula is C21H44O4. The van der Waals surface area contributed by atoms with Gasteiger partial charge in [-0.25, -0.2) is 0 Å². The molecule has 152 valence electrons. The highest BCUT2D eigenvalue weighted by Gasteiger charge is 2.32. The van der Waals surface area contributed by atoms with Crippen LogP contribution in [0.1, 0.15) is 81.1 Å². The predicted molar refractivity (Wildman–Crippen MR) is 104 cm³/mol. The van der Waals surface area contributed by atoms with Crippen molar-refractivity contribution in [1.29, 1.82) is 0 Å². The maximum absolute atomic E-state index is 10.6. The molecule has 0 saturated carbocycles. The van der Waals surface area contributed by atoms with Gasteiger partial charge in [-0.3, -0.25) is 0 Å². The zero-order valence-electron chi connectivity index (χ0n) is 17.8. The third kappa shape index (κ3) is 8.85. The molecule has 0 radical (unpaired) electrons. The molecule has 3 N–H and O–H groups in total. The van der Waals surface area contributed by atoms with Crippen molar-refractivity contribution in [2.75, 3.05) is 0 Å². The van der Waals surface area contributed by atoms with Gasteiger partial charge in [-0.2, -0.15) is 0 Å². The molecule has 0 saturated heterocycles. The summed E-state index contributed by atoms with van der Waals surface area (Å²) in [5.41, 5.74) is 0. The van der Waals surface area contributed by atoms with Gasteiger partial charge in [-0.1, -0.05) is 55.4 Å². The van der Waals surface area contributed by atoms with Crippen molar-refractivity contribution < 1.29 is 20.1 Å². The van der Waals surface area contributed by atoms with Gasteiger partial charge in [0, 0.05) is 11.8 Å². The molecule has 4 nitrogen and oxygen atoms in total. The van der Waals surface area contributed by atoms with Gasteiger partial charge in [-0.15, -0.1) is 0 Å². The highest BCUT2D eigenvalue weighted by molar-refractivity contribution is 4.77. The fourth-order valence-electron chi connectivity index (χ4n) is 3.88. The summed E-state index contributed by atoms with van der Waals surface area (Å²) in [6.07, 6.45) is 1.21. The van der Waals surface area contributed by atoms with Crippen molar-refractivity contribution in [3.63, 3.8) is 0 Å². The summed E-state index contributed by atoms with van der Waals surface area (Å²) in [7, 11) is 0. The minimum absolute atomic E-state index is 0.0440. The maximum Gasteiger partial charge on any atom is 0.159 e. The molecule has 0 aromatic carbocycles. The predicted octanol–water partition coefficient (Wildman–Crippen LogP) is 4.21. The summed E-state index contributed by atoms with van der Waals surface area (Å²) in [4.78, 5) is 0. The van der Waals surface area contributed by atoms with Crippen LogP contribution in [-0.2, 0) is 4.74 Å². The van der Waals surface area contributed by atoms with Crippen LogP contribution in [0.5, 0.6) is 0 Å². The van der Waals surface area contributed by atoms with E-state index in [2.05, 4.69) is 20.8 Å². The normalized spacial score (nSPS) is 22.1. The fraction of sp³-hybridized carbons (Fsp3) is 1.00. The van der Waals surface area contributed by atoms with Crippen molar-refractivity contribution in [3.05, 3.63) is 0 Å². The van der Waals surface area contributed by atoms with Crippen molar-refractivity contribution in [2.24, 2.45) is 29.6 Å². The van der Waals surface area contributed by atoms with Gasteiger partial charge in [0.25, 0.3) is 0 Å². The molecule has 0 aromatic rings. The second kappa shape index (κ2) is 12.3. The molecule has 0 aromatic heterocycles. The Hall–Kier alpha value is -0.160. The van der Waals surface area contributed by atoms with Crippen molar-refractivity contribution in [2.45, 2.75) is 106 Å². The summed E-state index contributed by atoms with van der Waals surface area (Å²) in [6.45, 7) is 16.4. The number of rotatable bonds is 13. The summed E-state index contributed by atoms with van der Waals surface area (Å²) in [5, 5.41) is 31.1. The van der Waals surface area contributed by atoms with Gasteiger partial charge in [-0.05, 0) is 43.4 Å². The minimum Gasteiger partial charge on any atom is -0.393 e. The molecule has 0 amide bonds. The molecule has 0 aliphatic carbocycles. The SMILES string of the molecule is CCC(O)C(C)[C@H](CC)OC(O)C(C)[C@H](O)C(C)C[C@H](C)CC(C)C. The van der Waals surface area contributed by atoms with E-state index in [4.69, 9.17) is 4.74 Å². The number of hydrogen-bond donors (Lipinski definition) is 3. The summed E-state index contributed by atoms with van der Waals surface area (Å²) in [6, 6.07) is 0. The van der Waals surface area contributed by atoms with Crippen molar-refractivity contribution in [3.8, 4) is 0 Å². The molecule has 0 rings (SSSR count). The molecule has 0 fully saturated rings. The summed E-state index contributed by atoms with van der Waals surface area (Å²) in [5.74, 6) is 0.917. The van der Waals surface area contributed by atoms with Crippen molar-refractivity contribution in [1.82, 2.24) is 0 Å². The number of hydrogen-bond acceptors (Lipinski definition) is 4. The molecule has 0 aliphatic rings. The average molecular weight is 361 g/mol. The quantitative estimate of drug-likeness (QED) is 0.430. The van der Waals surface area contributed by atoms with E-state index in [1.807, 2.05) is 34.6 Å². The molecule has 0 aliphatic heterocycles. The lowest BCUT2D eigenvalue weighted by Crippen LogP contribution is -2.41. The topological polar surface area (TPSA) is 69.9 Å². The third-order valence-corrected chi connectivity index (χ3v) is 5.55. The van der Waals surface area contributed by atoms with Crippen LogP contribution in [0.4, 0.5) is 0 Å². The van der Waals surface area contributed by atoms with E-state index in [-0.39, 0.29) is 23.9 Å². The molecular weight excluding hydrogens is 316 g/mol. The van der Waals surface area contributed by atoms with Crippen LogP contribution in [-0.4, -0.2) is 39.9 Å². The van der Waals surface area contributed by atoms with Crippen LogP contribution in [0.2, 0.25) is 0 Å². The largest absolute Gasteiger partial charge is 0.393 e. The van der Waals surface area contributed by atoms with Gasteiger partial charge in [0.05, 0.1) is 18.3 Å². The Balaban J connectivity index is 4.65. The van der Waals surface area contributed by atoms with Gasteiger partial charge in [0.2, 0.25) is 0 Å². The first-order valence-corrected chi connectivity index (χ1v) is 10.2. The lowest BCUT2D eigenvalue weighted by atomic mass is 9.83. The van der Waals surface area contributed by atoms with E-state index >= 15 is 0 Å². The first-order valence-electron chi connectivity index (χ1n) is 10.2. The van der Waals surface area contributed by atoms with E-state index in [9.17, 15) is 15.3 Å². The molecule has 8 atom stereocenters. The van der Waals surface area contributed by atoms with Crippen LogP contribution >= 0.6 is 0 Å². The van der Waals surface area contributed by atoms with E-state index in [1.54, 1.807) is 0 Å². The van der Waals surface area contributed by atoms with Gasteiger partial charge >= 0.3 is 0 Å². The van der Waals surface area contributed by atoms with Gasteiger partial charge < -0.3 is 20.1 Å². The molecule has 25 heavy (non-hydrogen) atoms. The number of aliphatic hydroxyl groups is 3. The van der Waals surface area contributed by atoms with E-state index < -0.39 is 18.5 Å². The van der Waals surface area contributed by atoms with E-state index in [1.165, 1.54) is 0 Å². The van der Waals surface area contributed by atoms with Crippen LogP contribution in [0.25, 0.3) is 0 Å². The average Bonchev–Trinajstić information content (AvgIpc) is 2.55. The van der Waals surface area contributed by atoms with E-state index in [0.29, 0.717) is 18.3 Å². The number of ether oxygens (including phenoxy) is 1. The Kier molecular flexibility index (Phi) is 12.2. The Bertz CT molecular complexity index is 334. The smallest absolute Gasteiger partial charge is 0.159 e. The van der Waals surface area contributed by atoms with E-state index in [0.717, 1.165) is 19.3 Å². The first-order chi connectivity index (χ1) is 11.5. The molecule has 0 spiro atoms. The van der Waals surface area contributed by atoms with Crippen LogP contribution < -0.4 is 0 Å². The van der Waals surface area contributed by atoms with Crippen molar-refractivity contribution >= 4 is 0 Å². The summed E-state index contributed by atoms with van der Waals surface area (Å²) >= 11 is 0. The standard InChI is InChI=1S/C21H44O4/c1-9-18(22)16(7)19(10-2)25-21(24)17(8)20(23)15(6)12-14(5)11-13(3)4/h13-24H,9-12H2,1-8H3/t14-,15?,16?,17?,18?,19+,20-,21?/m1/s1. The summed E-state index contributed by atoms with van der Waals surface area (Å²) < 4.78 is 5.82. The monoisotopic (exact) mass is 360 g/mol. The lowest BCUT2D eigenvalue weighted by Gasteiger charge is -2.34. The van der Waals surface area contributed by atoms with Gasteiger partial charge in [0.15, 0.2) is 6.29 Å². The fourth-order valence-corrected chi connectivity index (χ4v) is 3.88. The third-order valence-electron chi connectivity index (χ3n) is 5.55. The Morgan fingerprint density at radius 2 is 1.32 bits per heavy atom. The highest BCUT2D eigenvalue weighted by Crippen LogP contribution is 2.28.